The van der Waals surface area contributed by atoms with Crippen LogP contribution in [0.5, 0.6) is 11.5 Å². The normalized spacial score (nSPS) is 13.7. The van der Waals surface area contributed by atoms with E-state index in [0.717, 1.165) is 12.8 Å². The summed E-state index contributed by atoms with van der Waals surface area (Å²) in [4.78, 5) is 49.7. The highest BCUT2D eigenvalue weighted by Crippen LogP contribution is 2.32. The number of ether oxygens (including phenoxy) is 4. The number of unbranched alkanes of at least 4 members (excludes halogenated alkanes) is 2. The molecule has 0 aliphatic rings. The Morgan fingerprint density at radius 3 is 1.92 bits per heavy atom. The third kappa shape index (κ3) is 11.5. The topological polar surface area (TPSA) is 137 Å². The number of hydrogen-bond donors (Lipinski definition) is 2. The zero-order valence-electron chi connectivity index (χ0n) is 23.7. The molecule has 2 N–H and O–H groups in total. The maximum Gasteiger partial charge on any atom is 0.511 e. The highest BCUT2D eigenvalue weighted by Gasteiger charge is 2.45. The van der Waals surface area contributed by atoms with Crippen LogP contribution in [0.15, 0.2) is 18.2 Å². The molecule has 10 nitrogen and oxygen atoms in total. The smallest absolute Gasteiger partial charge is 0.477 e. The Labute approximate surface area is 225 Å². The number of carbonyl (C=O) groups excluding carboxylic acids is 3. The van der Waals surface area contributed by atoms with Gasteiger partial charge in [-0.25, -0.2) is 9.59 Å². The summed E-state index contributed by atoms with van der Waals surface area (Å²) in [6.07, 6.45) is 2.32. The predicted octanol–water partition coefficient (Wildman–Crippen LogP) is 5.54. The molecule has 10 heteroatoms. The Kier molecular flexibility index (Phi) is 13.3. The van der Waals surface area contributed by atoms with Crippen molar-refractivity contribution in [2.45, 2.75) is 117 Å². The third-order valence-electron chi connectivity index (χ3n) is 5.46. The number of nitrogens with one attached hydrogen (secondary N) is 1. The van der Waals surface area contributed by atoms with Crippen LogP contribution in [-0.4, -0.2) is 46.5 Å². The van der Waals surface area contributed by atoms with E-state index in [4.69, 9.17) is 18.9 Å². The van der Waals surface area contributed by atoms with E-state index in [-0.39, 0.29) is 36.8 Å². The van der Waals surface area contributed by atoms with Crippen LogP contribution < -0.4 is 14.8 Å². The molecular formula is C28H43NO9. The summed E-state index contributed by atoms with van der Waals surface area (Å²) in [5.74, 6) is -2.39. The quantitative estimate of drug-likeness (QED) is 0.167. The maximum atomic E-state index is 12.5. The van der Waals surface area contributed by atoms with Gasteiger partial charge < -0.3 is 24.1 Å². The summed E-state index contributed by atoms with van der Waals surface area (Å²) in [7, 11) is 0. The molecule has 0 aromatic heterocycles. The van der Waals surface area contributed by atoms with Crippen molar-refractivity contribution in [2.75, 3.05) is 0 Å². The molecule has 1 rings (SSSR count). The fourth-order valence-electron chi connectivity index (χ4n) is 3.31. The molecule has 214 valence electrons. The molecule has 1 unspecified atom stereocenters. The van der Waals surface area contributed by atoms with Gasteiger partial charge in [0.1, 0.15) is 5.60 Å². The molecule has 38 heavy (non-hydrogen) atoms. The summed E-state index contributed by atoms with van der Waals surface area (Å²) in [6, 6.07) is 4.05. The second kappa shape index (κ2) is 15.3. The number of esters is 2. The number of aliphatic carboxylic acids is 1. The van der Waals surface area contributed by atoms with Crippen molar-refractivity contribution in [3.63, 3.8) is 0 Å². The van der Waals surface area contributed by atoms with E-state index >= 15 is 0 Å². The third-order valence-corrected chi connectivity index (χ3v) is 5.46. The number of carboxylic acid groups (broad SMARTS) is 1. The molecule has 0 amide bonds. The first-order chi connectivity index (χ1) is 17.7. The van der Waals surface area contributed by atoms with Gasteiger partial charge in [0.05, 0.1) is 0 Å². The van der Waals surface area contributed by atoms with E-state index in [1.165, 1.54) is 18.2 Å². The molecule has 0 spiro atoms. The van der Waals surface area contributed by atoms with Crippen LogP contribution in [0.1, 0.15) is 99.0 Å². The predicted molar refractivity (Wildman–Crippen MR) is 141 cm³/mol. The van der Waals surface area contributed by atoms with Crippen molar-refractivity contribution < 1.29 is 43.2 Å². The molecule has 0 radical (unpaired) electrons. The summed E-state index contributed by atoms with van der Waals surface area (Å²) >= 11 is 0. The van der Waals surface area contributed by atoms with Crippen LogP contribution in [0.4, 0.5) is 4.79 Å². The Balaban J connectivity index is 3.43. The second-order valence-corrected chi connectivity index (χ2v) is 10.3. The first-order valence-electron chi connectivity index (χ1n) is 13.2. The zero-order chi connectivity index (χ0) is 28.9. The number of carbonyl (C=O) groups is 4. The van der Waals surface area contributed by atoms with E-state index in [1.807, 2.05) is 20.8 Å². The Bertz CT molecular complexity index is 954. The van der Waals surface area contributed by atoms with Crippen LogP contribution in [0.3, 0.4) is 0 Å². The van der Waals surface area contributed by atoms with E-state index in [9.17, 15) is 24.3 Å². The minimum Gasteiger partial charge on any atom is -0.477 e. The molecule has 2 atom stereocenters. The van der Waals surface area contributed by atoms with Crippen LogP contribution in [0.25, 0.3) is 0 Å². The van der Waals surface area contributed by atoms with Crippen LogP contribution in [0, 0.1) is 0 Å². The Hall–Kier alpha value is -3.14. The Morgan fingerprint density at radius 2 is 1.45 bits per heavy atom. The lowest BCUT2D eigenvalue weighted by Gasteiger charge is -2.33. The number of benzene rings is 1. The van der Waals surface area contributed by atoms with Gasteiger partial charge in [-0.3, -0.25) is 14.9 Å². The highest BCUT2D eigenvalue weighted by atomic mass is 16.8. The average Bonchev–Trinajstić information content (AvgIpc) is 2.81. The van der Waals surface area contributed by atoms with Gasteiger partial charge in [-0.1, -0.05) is 39.7 Å². The Morgan fingerprint density at radius 1 is 0.895 bits per heavy atom. The molecule has 0 fully saturated rings. The minimum absolute atomic E-state index is 0.0199. The first-order valence-corrected chi connectivity index (χ1v) is 13.2. The number of hydrogen-bond acceptors (Lipinski definition) is 9. The van der Waals surface area contributed by atoms with E-state index in [2.05, 4.69) is 5.32 Å². The van der Waals surface area contributed by atoms with Gasteiger partial charge in [0.2, 0.25) is 0 Å². The van der Waals surface area contributed by atoms with Crippen molar-refractivity contribution in [3.8, 4) is 11.5 Å². The summed E-state index contributed by atoms with van der Waals surface area (Å²) in [6.45, 7) is 12.4. The molecule has 1 aromatic rings. The summed E-state index contributed by atoms with van der Waals surface area (Å²) < 4.78 is 21.5. The van der Waals surface area contributed by atoms with E-state index in [0.29, 0.717) is 24.8 Å². The molecule has 1 aromatic carbocycles. The van der Waals surface area contributed by atoms with Crippen LogP contribution in [-0.2, 0) is 30.3 Å². The minimum atomic E-state index is -2.18. The highest BCUT2D eigenvalue weighted by molar-refractivity contribution is 5.81. The fraction of sp³-hybridized carbons (Fsp3) is 0.643. The summed E-state index contributed by atoms with van der Waals surface area (Å²) in [5.41, 5.74) is -2.72. The first kappa shape index (κ1) is 32.9. The second-order valence-electron chi connectivity index (χ2n) is 10.3. The molecule has 0 aliphatic carbocycles. The maximum absolute atomic E-state index is 12.5. The van der Waals surface area contributed by atoms with Crippen molar-refractivity contribution >= 4 is 24.1 Å². The van der Waals surface area contributed by atoms with Gasteiger partial charge in [0.15, 0.2) is 11.5 Å². The lowest BCUT2D eigenvalue weighted by molar-refractivity contribution is -0.169. The molecule has 0 saturated carbocycles. The van der Waals surface area contributed by atoms with Gasteiger partial charge in [-0.2, -0.15) is 0 Å². The number of rotatable bonds is 15. The van der Waals surface area contributed by atoms with E-state index in [1.54, 1.807) is 27.7 Å². The largest absolute Gasteiger partial charge is 0.511 e. The van der Waals surface area contributed by atoms with Crippen LogP contribution >= 0.6 is 0 Å². The van der Waals surface area contributed by atoms with Crippen molar-refractivity contribution in [2.24, 2.45) is 0 Å². The van der Waals surface area contributed by atoms with Gasteiger partial charge in [0.25, 0.3) is 5.72 Å². The van der Waals surface area contributed by atoms with Crippen molar-refractivity contribution in [1.29, 1.82) is 0 Å². The van der Waals surface area contributed by atoms with Gasteiger partial charge in [-0.15, -0.1) is 0 Å². The molecule has 0 saturated heterocycles. The zero-order valence-corrected chi connectivity index (χ0v) is 23.7. The van der Waals surface area contributed by atoms with Crippen LogP contribution in [0.2, 0.25) is 0 Å². The molecular weight excluding hydrogens is 494 g/mol. The summed E-state index contributed by atoms with van der Waals surface area (Å²) in [5, 5.41) is 13.1. The monoisotopic (exact) mass is 537 g/mol. The molecule has 0 heterocycles. The van der Waals surface area contributed by atoms with Crippen molar-refractivity contribution in [3.05, 3.63) is 23.8 Å². The lowest BCUT2D eigenvalue weighted by Crippen LogP contribution is -2.60. The fourth-order valence-corrected chi connectivity index (χ4v) is 3.31. The average molecular weight is 538 g/mol. The SMILES string of the molecule is CCCCC(=O)Oc1ccc(C[C@](NC(C)CC)(OC(=O)OC(C)(C)C)C(=O)O)cc1OC(=O)CCCC. The lowest BCUT2D eigenvalue weighted by atomic mass is 10.00. The number of carboxylic acids is 1. The van der Waals surface area contributed by atoms with E-state index < -0.39 is 35.4 Å². The van der Waals surface area contributed by atoms with Gasteiger partial charge in [0, 0.05) is 25.3 Å². The molecule has 0 bridgehead atoms. The van der Waals surface area contributed by atoms with Gasteiger partial charge in [-0.05, 0) is 64.7 Å². The van der Waals surface area contributed by atoms with Crippen molar-refractivity contribution in [1.82, 2.24) is 5.32 Å². The van der Waals surface area contributed by atoms with Gasteiger partial charge >= 0.3 is 24.1 Å². The standard InChI is InChI=1S/C28H43NO9/c1-8-11-13-23(30)35-21-16-15-20(17-22(21)36-24(31)14-12-9-2)18-28(25(32)33,29-19(4)10-3)38-26(34)37-27(5,6)7/h15-17,19,29H,8-14,18H2,1-7H3,(H,32,33)/t19?,28-/m0/s1. The molecule has 0 aliphatic heterocycles.